The lowest BCUT2D eigenvalue weighted by Gasteiger charge is -2.35. The van der Waals surface area contributed by atoms with Gasteiger partial charge in [0.25, 0.3) is 0 Å². The topological polar surface area (TPSA) is 26.0 Å². The van der Waals surface area contributed by atoms with Crippen molar-refractivity contribution in [2.45, 2.75) is 39.9 Å². The number of rotatable bonds is 2. The summed E-state index contributed by atoms with van der Waals surface area (Å²) in [5.74, 6) is 0. The zero-order valence-corrected chi connectivity index (χ0v) is 9.97. The maximum atomic E-state index is 14.5. The Bertz CT molecular complexity index is 319. The van der Waals surface area contributed by atoms with Gasteiger partial charge in [-0.2, -0.15) is 0 Å². The Morgan fingerprint density at radius 2 is 1.53 bits per heavy atom. The Hall–Kier alpha value is -0.890. The van der Waals surface area contributed by atoms with Crippen molar-refractivity contribution in [1.29, 1.82) is 0 Å². The summed E-state index contributed by atoms with van der Waals surface area (Å²) in [4.78, 5) is 0. The van der Waals surface area contributed by atoms with E-state index < -0.39 is 11.1 Å². The van der Waals surface area contributed by atoms with Crippen LogP contribution in [0.1, 0.15) is 38.8 Å². The lowest BCUT2D eigenvalue weighted by molar-refractivity contribution is 0.0452. The zero-order chi connectivity index (χ0) is 11.7. The summed E-state index contributed by atoms with van der Waals surface area (Å²) < 4.78 is 14.5. The van der Waals surface area contributed by atoms with Gasteiger partial charge in [-0.25, -0.2) is 4.39 Å². The molecule has 1 aromatic carbocycles. The van der Waals surface area contributed by atoms with E-state index in [2.05, 4.69) is 0 Å². The molecule has 0 aliphatic rings. The van der Waals surface area contributed by atoms with E-state index in [4.69, 9.17) is 5.73 Å². The van der Waals surface area contributed by atoms with Gasteiger partial charge in [0.2, 0.25) is 0 Å². The van der Waals surface area contributed by atoms with Crippen molar-refractivity contribution < 1.29 is 4.39 Å². The molecule has 0 saturated heterocycles. The molecule has 0 fully saturated rings. The molecular weight excluding hydrogens is 189 g/mol. The van der Waals surface area contributed by atoms with Crippen LogP contribution in [0.25, 0.3) is 0 Å². The van der Waals surface area contributed by atoms with Crippen LogP contribution in [0, 0.1) is 5.41 Å². The average Bonchev–Trinajstić information content (AvgIpc) is 2.16. The Labute approximate surface area is 91.5 Å². The summed E-state index contributed by atoms with van der Waals surface area (Å²) in [5, 5.41) is 0. The molecule has 0 aromatic heterocycles. The zero-order valence-electron chi connectivity index (χ0n) is 9.97. The molecule has 0 heterocycles. The highest BCUT2D eigenvalue weighted by molar-refractivity contribution is 5.28. The van der Waals surface area contributed by atoms with Gasteiger partial charge < -0.3 is 5.73 Å². The Kier molecular flexibility index (Phi) is 3.19. The largest absolute Gasteiger partial charge is 0.326 e. The molecule has 0 radical (unpaired) electrons. The quantitative estimate of drug-likeness (QED) is 0.794. The monoisotopic (exact) mass is 209 g/mol. The van der Waals surface area contributed by atoms with Crippen molar-refractivity contribution in [3.05, 3.63) is 35.4 Å². The first kappa shape index (κ1) is 12.2. The highest BCUT2D eigenvalue weighted by atomic mass is 19.1. The van der Waals surface area contributed by atoms with Crippen LogP contribution in [-0.4, -0.2) is 0 Å². The highest BCUT2D eigenvalue weighted by Gasteiger charge is 2.39. The van der Waals surface area contributed by atoms with Crippen LogP contribution >= 0.6 is 0 Å². The molecule has 1 nitrogen and oxygen atoms in total. The number of alkyl halides is 1. The van der Waals surface area contributed by atoms with Gasteiger partial charge >= 0.3 is 0 Å². The van der Waals surface area contributed by atoms with Gasteiger partial charge in [0.1, 0.15) is 5.67 Å². The van der Waals surface area contributed by atoms with Gasteiger partial charge in [0, 0.05) is 6.54 Å². The van der Waals surface area contributed by atoms with Crippen molar-refractivity contribution in [3.63, 3.8) is 0 Å². The van der Waals surface area contributed by atoms with Crippen molar-refractivity contribution in [2.75, 3.05) is 0 Å². The normalized spacial score (nSPS) is 16.1. The smallest absolute Gasteiger partial charge is 0.138 e. The molecule has 1 aromatic rings. The van der Waals surface area contributed by atoms with Gasteiger partial charge in [-0.3, -0.25) is 0 Å². The fourth-order valence-corrected chi connectivity index (χ4v) is 1.39. The first-order chi connectivity index (χ1) is 6.79. The van der Waals surface area contributed by atoms with Crippen molar-refractivity contribution in [2.24, 2.45) is 11.1 Å². The van der Waals surface area contributed by atoms with Crippen LogP contribution in [0.5, 0.6) is 0 Å². The summed E-state index contributed by atoms with van der Waals surface area (Å²) >= 11 is 0. The maximum Gasteiger partial charge on any atom is 0.138 e. The van der Waals surface area contributed by atoms with Crippen LogP contribution in [-0.2, 0) is 12.2 Å². The predicted octanol–water partition coefficient (Wildman–Crippen LogP) is 3.38. The first-order valence-electron chi connectivity index (χ1n) is 5.27. The minimum absolute atomic E-state index is 0.406. The maximum absolute atomic E-state index is 14.5. The van der Waals surface area contributed by atoms with Crippen LogP contribution in [0.4, 0.5) is 4.39 Å². The van der Waals surface area contributed by atoms with Gasteiger partial charge in [-0.05, 0) is 23.5 Å². The van der Waals surface area contributed by atoms with E-state index in [1.807, 2.05) is 45.0 Å². The summed E-state index contributed by atoms with van der Waals surface area (Å²) in [5.41, 5.74) is 5.52. The molecule has 2 N–H and O–H groups in total. The molecule has 0 aliphatic heterocycles. The van der Waals surface area contributed by atoms with Crippen molar-refractivity contribution in [1.82, 2.24) is 0 Å². The second-order valence-electron chi connectivity index (χ2n) is 5.15. The third-order valence-corrected chi connectivity index (χ3v) is 3.14. The summed E-state index contributed by atoms with van der Waals surface area (Å²) in [6.07, 6.45) is 0. The van der Waals surface area contributed by atoms with E-state index in [0.29, 0.717) is 12.1 Å². The van der Waals surface area contributed by atoms with E-state index in [1.165, 1.54) is 0 Å². The molecule has 0 saturated carbocycles. The summed E-state index contributed by atoms with van der Waals surface area (Å²) in [6.45, 7) is 7.85. The third kappa shape index (κ3) is 2.37. The lowest BCUT2D eigenvalue weighted by atomic mass is 9.75. The van der Waals surface area contributed by atoms with Gasteiger partial charge in [0.15, 0.2) is 0 Å². The molecule has 1 atom stereocenters. The summed E-state index contributed by atoms with van der Waals surface area (Å²) in [7, 11) is 0. The number of hydrogen-bond donors (Lipinski definition) is 1. The number of halogens is 1. The number of nitrogens with two attached hydrogens (primary N) is 1. The minimum Gasteiger partial charge on any atom is -0.326 e. The van der Waals surface area contributed by atoms with Gasteiger partial charge in [0.05, 0.1) is 0 Å². The molecule has 0 bridgehead atoms. The molecule has 1 rings (SSSR count). The second-order valence-corrected chi connectivity index (χ2v) is 5.15. The molecular formula is C13H20FN. The molecule has 1 unspecified atom stereocenters. The van der Waals surface area contributed by atoms with Crippen LogP contribution in [0.3, 0.4) is 0 Å². The molecule has 0 amide bonds. The third-order valence-electron chi connectivity index (χ3n) is 3.14. The Morgan fingerprint density at radius 1 is 1.07 bits per heavy atom. The minimum atomic E-state index is -1.32. The van der Waals surface area contributed by atoms with Crippen molar-refractivity contribution >= 4 is 0 Å². The SMILES string of the molecule is CC(C)(C)C(C)(F)c1ccc(CN)cc1. The van der Waals surface area contributed by atoms with Gasteiger partial charge in [-0.1, -0.05) is 45.0 Å². The molecule has 0 aliphatic carbocycles. The number of benzene rings is 1. The van der Waals surface area contributed by atoms with Crippen molar-refractivity contribution in [3.8, 4) is 0 Å². The standard InChI is InChI=1S/C13H20FN/c1-12(2,3)13(4,14)11-7-5-10(9-15)6-8-11/h5-8H,9,15H2,1-4H3. The average molecular weight is 209 g/mol. The first-order valence-corrected chi connectivity index (χ1v) is 5.27. The lowest BCUT2D eigenvalue weighted by Crippen LogP contribution is -2.32. The Morgan fingerprint density at radius 3 is 1.87 bits per heavy atom. The van der Waals surface area contributed by atoms with Gasteiger partial charge in [-0.15, -0.1) is 0 Å². The predicted molar refractivity (Wildman–Crippen MR) is 62.2 cm³/mol. The van der Waals surface area contributed by atoms with E-state index in [0.717, 1.165) is 5.56 Å². The fourth-order valence-electron chi connectivity index (χ4n) is 1.39. The second kappa shape index (κ2) is 3.93. The summed E-state index contributed by atoms with van der Waals surface area (Å²) in [6, 6.07) is 7.43. The molecule has 2 heteroatoms. The Balaban J connectivity index is 3.06. The molecule has 84 valence electrons. The van der Waals surface area contributed by atoms with E-state index >= 15 is 0 Å². The number of hydrogen-bond acceptors (Lipinski definition) is 1. The fraction of sp³-hybridized carbons (Fsp3) is 0.538. The van der Waals surface area contributed by atoms with E-state index in [9.17, 15) is 4.39 Å². The van der Waals surface area contributed by atoms with Crippen LogP contribution in [0.2, 0.25) is 0 Å². The highest BCUT2D eigenvalue weighted by Crippen LogP contribution is 2.42. The van der Waals surface area contributed by atoms with Crippen LogP contribution in [0.15, 0.2) is 24.3 Å². The molecule has 0 spiro atoms. The molecule has 15 heavy (non-hydrogen) atoms. The van der Waals surface area contributed by atoms with E-state index in [-0.39, 0.29) is 0 Å². The van der Waals surface area contributed by atoms with Crippen LogP contribution < -0.4 is 5.73 Å². The van der Waals surface area contributed by atoms with E-state index in [1.54, 1.807) is 6.92 Å².